The molecule has 0 spiro atoms. The van der Waals surface area contributed by atoms with Gasteiger partial charge in [-0.25, -0.2) is 4.79 Å². The number of rotatable bonds is 9. The van der Waals surface area contributed by atoms with Crippen LogP contribution in [-0.4, -0.2) is 29.3 Å². The molecule has 0 saturated carbocycles. The molecule has 6 heteroatoms. The van der Waals surface area contributed by atoms with Crippen LogP contribution in [0.25, 0.3) is 0 Å². The smallest absolute Gasteiger partial charge is 0.324 e. The zero-order chi connectivity index (χ0) is 23.0. The monoisotopic (exact) mass is 441 g/mol. The molecule has 1 fully saturated rings. The van der Waals surface area contributed by atoms with Gasteiger partial charge in [-0.1, -0.05) is 72.8 Å². The van der Waals surface area contributed by atoms with Crippen molar-refractivity contribution in [3.05, 3.63) is 107 Å². The predicted molar refractivity (Wildman–Crippen MR) is 126 cm³/mol. The standard InChI is InChI=1S/C27H27N3O3/c31-25-18-28-27(33)30(25)19-21-14-16-23(17-15-21)26(32)29-24(22-11-5-2-6-12-22)13-7-10-20-8-3-1-4-9-20/h1-6,8-9,11-12,14-17,24H,7,10,13,18-19H2,(H,28,33)(H,29,32). The molecule has 3 aromatic carbocycles. The molecule has 6 nitrogen and oxygen atoms in total. The molecular formula is C27H27N3O3. The van der Waals surface area contributed by atoms with Crippen molar-refractivity contribution in [3.63, 3.8) is 0 Å². The Labute approximate surface area is 193 Å². The third-order valence-corrected chi connectivity index (χ3v) is 5.80. The zero-order valence-electron chi connectivity index (χ0n) is 18.4. The summed E-state index contributed by atoms with van der Waals surface area (Å²) in [6.07, 6.45) is 2.74. The molecule has 1 atom stereocenters. The van der Waals surface area contributed by atoms with Gasteiger partial charge in [-0.05, 0) is 48.1 Å². The number of aryl methyl sites for hydroxylation is 1. The van der Waals surface area contributed by atoms with Gasteiger partial charge in [0, 0.05) is 5.56 Å². The van der Waals surface area contributed by atoms with Gasteiger partial charge in [0.2, 0.25) is 5.91 Å². The molecule has 1 unspecified atom stereocenters. The molecule has 4 rings (SSSR count). The van der Waals surface area contributed by atoms with Crippen LogP contribution in [0.3, 0.4) is 0 Å². The van der Waals surface area contributed by atoms with E-state index in [2.05, 4.69) is 22.8 Å². The van der Waals surface area contributed by atoms with E-state index < -0.39 is 0 Å². The van der Waals surface area contributed by atoms with Crippen LogP contribution in [0.2, 0.25) is 0 Å². The van der Waals surface area contributed by atoms with Crippen molar-refractivity contribution in [2.45, 2.75) is 31.8 Å². The second-order valence-corrected chi connectivity index (χ2v) is 8.15. The molecule has 0 aliphatic carbocycles. The zero-order valence-corrected chi connectivity index (χ0v) is 18.4. The van der Waals surface area contributed by atoms with E-state index >= 15 is 0 Å². The van der Waals surface area contributed by atoms with Gasteiger partial charge in [-0.2, -0.15) is 0 Å². The average molecular weight is 442 g/mol. The van der Waals surface area contributed by atoms with Crippen LogP contribution in [0.4, 0.5) is 4.79 Å². The van der Waals surface area contributed by atoms with Crippen LogP contribution < -0.4 is 10.6 Å². The first kappa shape index (κ1) is 22.3. The van der Waals surface area contributed by atoms with Crippen molar-refractivity contribution in [1.29, 1.82) is 0 Å². The lowest BCUT2D eigenvalue weighted by Crippen LogP contribution is -2.30. The molecule has 0 radical (unpaired) electrons. The fourth-order valence-corrected chi connectivity index (χ4v) is 3.96. The minimum Gasteiger partial charge on any atom is -0.345 e. The Morgan fingerprint density at radius 2 is 1.55 bits per heavy atom. The van der Waals surface area contributed by atoms with Crippen molar-refractivity contribution in [2.24, 2.45) is 0 Å². The summed E-state index contributed by atoms with van der Waals surface area (Å²) in [5.41, 5.74) is 3.70. The number of urea groups is 1. The Hall–Kier alpha value is -3.93. The van der Waals surface area contributed by atoms with E-state index in [0.717, 1.165) is 30.4 Å². The van der Waals surface area contributed by atoms with Gasteiger partial charge in [-0.15, -0.1) is 0 Å². The SMILES string of the molecule is O=C(NC(CCCc1ccccc1)c1ccccc1)c1ccc(CN2C(=O)CNC2=O)cc1. The molecule has 1 aliphatic rings. The molecule has 33 heavy (non-hydrogen) atoms. The summed E-state index contributed by atoms with van der Waals surface area (Å²) in [6, 6.07) is 26.9. The maximum absolute atomic E-state index is 13.0. The fourth-order valence-electron chi connectivity index (χ4n) is 3.96. The molecule has 1 heterocycles. The lowest BCUT2D eigenvalue weighted by Gasteiger charge is -2.20. The van der Waals surface area contributed by atoms with Gasteiger partial charge in [0.25, 0.3) is 5.91 Å². The molecule has 4 amide bonds. The summed E-state index contributed by atoms with van der Waals surface area (Å²) in [5, 5.41) is 5.68. The second-order valence-electron chi connectivity index (χ2n) is 8.15. The lowest BCUT2D eigenvalue weighted by atomic mass is 9.98. The van der Waals surface area contributed by atoms with Gasteiger partial charge >= 0.3 is 6.03 Å². The van der Waals surface area contributed by atoms with Crippen LogP contribution in [0.1, 0.15) is 45.9 Å². The molecule has 2 N–H and O–H groups in total. The third-order valence-electron chi connectivity index (χ3n) is 5.80. The first-order valence-electron chi connectivity index (χ1n) is 11.2. The number of benzene rings is 3. The summed E-state index contributed by atoms with van der Waals surface area (Å²) in [6.45, 7) is 0.225. The van der Waals surface area contributed by atoms with Crippen molar-refractivity contribution in [1.82, 2.24) is 15.5 Å². The van der Waals surface area contributed by atoms with Crippen molar-refractivity contribution >= 4 is 17.8 Å². The second kappa shape index (κ2) is 10.6. The van der Waals surface area contributed by atoms with Crippen molar-refractivity contribution < 1.29 is 14.4 Å². The summed E-state index contributed by atoms with van der Waals surface area (Å²) in [7, 11) is 0. The molecular weight excluding hydrogens is 414 g/mol. The number of nitrogens with one attached hydrogen (secondary N) is 2. The first-order chi connectivity index (χ1) is 16.1. The van der Waals surface area contributed by atoms with Gasteiger partial charge in [0.1, 0.15) is 0 Å². The molecule has 0 bridgehead atoms. The maximum atomic E-state index is 13.0. The highest BCUT2D eigenvalue weighted by molar-refractivity contribution is 6.01. The van der Waals surface area contributed by atoms with E-state index in [1.54, 1.807) is 24.3 Å². The summed E-state index contributed by atoms with van der Waals surface area (Å²) in [4.78, 5) is 37.7. The van der Waals surface area contributed by atoms with Crippen LogP contribution in [0.15, 0.2) is 84.9 Å². The Morgan fingerprint density at radius 3 is 2.18 bits per heavy atom. The van der Waals surface area contributed by atoms with Crippen LogP contribution in [0, 0.1) is 0 Å². The van der Waals surface area contributed by atoms with Crippen LogP contribution in [-0.2, 0) is 17.8 Å². The average Bonchev–Trinajstić information content (AvgIpc) is 3.17. The Bertz CT molecular complexity index is 1080. The number of amides is 4. The molecule has 1 aliphatic heterocycles. The largest absolute Gasteiger partial charge is 0.345 e. The minimum atomic E-state index is -0.386. The van der Waals surface area contributed by atoms with Gasteiger partial charge in [0.15, 0.2) is 0 Å². The normalized spacial score (nSPS) is 14.1. The molecule has 0 aromatic heterocycles. The van der Waals surface area contributed by atoms with Gasteiger partial charge in [-0.3, -0.25) is 14.5 Å². The summed E-state index contributed by atoms with van der Waals surface area (Å²) < 4.78 is 0. The van der Waals surface area contributed by atoms with E-state index in [9.17, 15) is 14.4 Å². The van der Waals surface area contributed by atoms with E-state index in [1.165, 1.54) is 10.5 Å². The maximum Gasteiger partial charge on any atom is 0.324 e. The Kier molecular flexibility index (Phi) is 7.15. The minimum absolute atomic E-state index is 0.0322. The highest BCUT2D eigenvalue weighted by atomic mass is 16.2. The highest BCUT2D eigenvalue weighted by Gasteiger charge is 2.28. The van der Waals surface area contributed by atoms with Crippen LogP contribution >= 0.6 is 0 Å². The van der Waals surface area contributed by atoms with E-state index in [0.29, 0.717) is 5.56 Å². The predicted octanol–water partition coefficient (Wildman–Crippen LogP) is 4.23. The van der Waals surface area contributed by atoms with Gasteiger partial charge in [0.05, 0.1) is 19.1 Å². The quantitative estimate of drug-likeness (QED) is 0.488. The first-order valence-corrected chi connectivity index (χ1v) is 11.2. The third kappa shape index (κ3) is 5.86. The van der Waals surface area contributed by atoms with E-state index in [-0.39, 0.29) is 37.0 Å². The molecule has 1 saturated heterocycles. The molecule has 3 aromatic rings. The number of carbonyl (C=O) groups is 3. The number of nitrogens with zero attached hydrogens (tertiary/aromatic N) is 1. The summed E-state index contributed by atoms with van der Waals surface area (Å²) in [5.74, 6) is -0.395. The summed E-state index contributed by atoms with van der Waals surface area (Å²) >= 11 is 0. The number of hydrogen-bond donors (Lipinski definition) is 2. The number of imide groups is 1. The van der Waals surface area contributed by atoms with Crippen molar-refractivity contribution in [2.75, 3.05) is 6.54 Å². The Balaban J connectivity index is 1.39. The number of hydrogen-bond acceptors (Lipinski definition) is 3. The topological polar surface area (TPSA) is 78.5 Å². The Morgan fingerprint density at radius 1 is 0.879 bits per heavy atom. The number of carbonyl (C=O) groups excluding carboxylic acids is 3. The van der Waals surface area contributed by atoms with Gasteiger partial charge < -0.3 is 10.6 Å². The van der Waals surface area contributed by atoms with Crippen molar-refractivity contribution in [3.8, 4) is 0 Å². The van der Waals surface area contributed by atoms with E-state index in [4.69, 9.17) is 0 Å². The fraction of sp³-hybridized carbons (Fsp3) is 0.222. The lowest BCUT2D eigenvalue weighted by molar-refractivity contribution is -0.125. The van der Waals surface area contributed by atoms with E-state index in [1.807, 2.05) is 48.5 Å². The van der Waals surface area contributed by atoms with Crippen LogP contribution in [0.5, 0.6) is 0 Å². The molecule has 168 valence electrons. The highest BCUT2D eigenvalue weighted by Crippen LogP contribution is 2.21.